The fourth-order valence-electron chi connectivity index (χ4n) is 10.7. The molecule has 0 bridgehead atoms. The summed E-state index contributed by atoms with van der Waals surface area (Å²) in [6.45, 7) is 60.0. The maximum Gasteiger partial charge on any atom is 0.159 e. The van der Waals surface area contributed by atoms with E-state index in [0.717, 1.165) is 144 Å². The van der Waals surface area contributed by atoms with Crippen LogP contribution in [-0.2, 0) is 0 Å². The molecule has 0 spiro atoms. The van der Waals surface area contributed by atoms with Crippen molar-refractivity contribution in [3.8, 4) is 0 Å². The van der Waals surface area contributed by atoms with Crippen LogP contribution in [0.1, 0.15) is 195 Å². The van der Waals surface area contributed by atoms with Crippen LogP contribution >= 0.6 is 0 Å². The van der Waals surface area contributed by atoms with Crippen LogP contribution in [0.2, 0.25) is 0 Å². The summed E-state index contributed by atoms with van der Waals surface area (Å²) in [5, 5.41) is 12.4. The van der Waals surface area contributed by atoms with Gasteiger partial charge in [0, 0.05) is 212 Å². The van der Waals surface area contributed by atoms with Gasteiger partial charge in [0.15, 0.2) is 11.3 Å². The zero-order valence-electron chi connectivity index (χ0n) is 82.8. The Morgan fingerprint density at radius 2 is 0.508 bits per heavy atom. The first-order chi connectivity index (χ1) is 63.6. The van der Waals surface area contributed by atoms with Crippen molar-refractivity contribution in [1.82, 2.24) is 99.7 Å². The van der Waals surface area contributed by atoms with E-state index in [0.29, 0.717) is 0 Å². The summed E-state index contributed by atoms with van der Waals surface area (Å²) in [6.07, 6.45) is 41.6. The number of aryl methyl sites for hydroxylation is 10. The number of rotatable bonds is 0. The Kier molecular flexibility index (Phi) is 61.0. The highest BCUT2D eigenvalue weighted by molar-refractivity contribution is 5.84. The van der Waals surface area contributed by atoms with Gasteiger partial charge >= 0.3 is 0 Å². The number of pyridine rings is 20. The Morgan fingerprint density at radius 1 is 0.146 bits per heavy atom. The summed E-state index contributed by atoms with van der Waals surface area (Å²) >= 11 is 0. The van der Waals surface area contributed by atoms with E-state index in [2.05, 4.69) is 130 Å². The van der Waals surface area contributed by atoms with Gasteiger partial charge < -0.3 is 0 Å². The van der Waals surface area contributed by atoms with Crippen LogP contribution in [0.15, 0.2) is 306 Å². The lowest BCUT2D eigenvalue weighted by atomic mass is 10.2. The predicted molar refractivity (Wildman–Crippen MR) is 556 cm³/mol. The van der Waals surface area contributed by atoms with E-state index in [-0.39, 0.29) is 0 Å². The van der Waals surface area contributed by atoms with Crippen molar-refractivity contribution in [3.05, 3.63) is 363 Å². The largest absolute Gasteiger partial charge is 0.264 e. The smallest absolute Gasteiger partial charge is 0.159 e. The first-order valence-corrected chi connectivity index (χ1v) is 45.3. The Labute approximate surface area is 774 Å². The Bertz CT molecular complexity index is 5110. The molecule has 20 heterocycles. The molecule has 680 valence electrons. The Hall–Kier alpha value is -14.4. The van der Waals surface area contributed by atoms with E-state index in [1.807, 2.05) is 403 Å². The van der Waals surface area contributed by atoms with Gasteiger partial charge in [0.1, 0.15) is 0 Å². The van der Waals surface area contributed by atoms with Crippen molar-refractivity contribution in [1.29, 1.82) is 0 Å². The maximum absolute atomic E-state index is 4.31. The van der Waals surface area contributed by atoms with Crippen LogP contribution in [0.3, 0.4) is 0 Å². The van der Waals surface area contributed by atoms with Crippen LogP contribution in [0.5, 0.6) is 0 Å². The van der Waals surface area contributed by atoms with Crippen molar-refractivity contribution in [2.75, 3.05) is 0 Å². The fourth-order valence-corrected chi connectivity index (χ4v) is 10.7. The second-order valence-corrected chi connectivity index (χ2v) is 25.4. The van der Waals surface area contributed by atoms with Gasteiger partial charge in [-0.25, -0.2) is 19.9 Å². The summed E-state index contributed by atoms with van der Waals surface area (Å²) in [5.74, 6) is 0. The average Bonchev–Trinajstić information content (AvgIpc) is 0.929. The molecule has 130 heavy (non-hydrogen) atoms. The van der Waals surface area contributed by atoms with Gasteiger partial charge in [0.25, 0.3) is 0 Å². The second kappa shape index (κ2) is 69.8. The van der Waals surface area contributed by atoms with Gasteiger partial charge in [-0.2, -0.15) is 0 Å². The third-order valence-electron chi connectivity index (χ3n) is 16.2. The number of hydrogen-bond acceptors (Lipinski definition) is 20. The zero-order chi connectivity index (χ0) is 96.8. The Morgan fingerprint density at radius 3 is 1.12 bits per heavy atom. The van der Waals surface area contributed by atoms with E-state index >= 15 is 0 Å². The van der Waals surface area contributed by atoms with Crippen molar-refractivity contribution in [2.24, 2.45) is 0 Å². The lowest BCUT2D eigenvalue weighted by molar-refractivity contribution is 1.20. The molecule has 0 N–H and O–H groups in total. The minimum atomic E-state index is 0.818. The fraction of sp³-hybridized carbons (Fsp3) is 0.273. The molecular formula is C110H140N20. The molecule has 0 unspecified atom stereocenters. The van der Waals surface area contributed by atoms with E-state index in [1.54, 1.807) is 80.6 Å². The average molecular weight is 1740 g/mol. The summed E-state index contributed by atoms with van der Waals surface area (Å²) in [4.78, 5) is 82.9. The normalized spacial score (nSPS) is 9.15. The minimum Gasteiger partial charge on any atom is -0.264 e. The van der Waals surface area contributed by atoms with Gasteiger partial charge in [0.2, 0.25) is 0 Å². The van der Waals surface area contributed by atoms with E-state index in [4.69, 9.17) is 0 Å². The molecule has 0 aromatic carbocycles. The molecule has 20 aromatic heterocycles. The summed E-state index contributed by atoms with van der Waals surface area (Å²) in [7, 11) is 0. The van der Waals surface area contributed by atoms with Crippen LogP contribution in [0.25, 0.3) is 109 Å². The maximum atomic E-state index is 4.31. The molecule has 0 aliphatic rings. The van der Waals surface area contributed by atoms with E-state index in [1.165, 1.54) is 22.1 Å². The number of nitrogens with zero attached hydrogens (tertiary/aromatic N) is 20. The molecule has 0 radical (unpaired) electrons. The standard InChI is InChI=1S/10C9H8N2.10C2H6/c1-7-4-9-5-10-3-2-8(9)6-11-7;1-7-4-8-2-3-10-5-9(8)6-11-7;1-7-4-8-6-10-3-2-9(8)11-5-7;1-7-4-8-2-3-10-6-9(8)11-5-7;1-7-2-3-8-4-5-10-6-9(8)11-7;1-7-4-5-8-3-2-6-10-9(8)11-7;1-7-5-9-8(6-11-7)3-2-4-10-9;1-7-5-8-3-2-4-10-9(8)6-11-7;1-7-5-9-8(11-6-7)3-2-4-10-9;1-7-5-8-3-2-4-10-9(8)11-6-7;10*1-2/h10*2-6H,1H3;10*1-2H3. The SMILES string of the molecule is CC.CC.CC.CC.CC.CC.CC.CC.CC.CC.Cc1cc2cccnc2cn1.Cc1cc2ccncc2cn1.Cc1cc2cnccc2cn1.Cc1cc2ncccc2cn1.Cc1ccc2cccnc2n1.Cc1ccc2ccncc2n1.Cc1cnc2cccnc2c1.Cc1cnc2ccncc2c1.Cc1cnc2cnccc2c1.Cc1cnc2ncccc2c1. The first kappa shape index (κ1) is 114. The molecule has 0 aliphatic heterocycles. The minimum absolute atomic E-state index is 0.818. The zero-order valence-corrected chi connectivity index (χ0v) is 82.8. The number of hydrogen-bond donors (Lipinski definition) is 0. The van der Waals surface area contributed by atoms with Crippen molar-refractivity contribution in [3.63, 3.8) is 0 Å². The number of fused-ring (bicyclic) bond motifs is 10. The first-order valence-electron chi connectivity index (χ1n) is 45.3. The van der Waals surface area contributed by atoms with Crippen LogP contribution < -0.4 is 0 Å². The third-order valence-corrected chi connectivity index (χ3v) is 16.2. The lowest BCUT2D eigenvalue weighted by Crippen LogP contribution is -1.84. The van der Waals surface area contributed by atoms with E-state index < -0.39 is 0 Å². The van der Waals surface area contributed by atoms with Crippen LogP contribution in [0, 0.1) is 69.2 Å². The van der Waals surface area contributed by atoms with Crippen LogP contribution in [0.4, 0.5) is 0 Å². The van der Waals surface area contributed by atoms with Gasteiger partial charge in [-0.1, -0.05) is 151 Å². The molecule has 0 amide bonds. The second-order valence-electron chi connectivity index (χ2n) is 25.4. The summed E-state index contributed by atoms with van der Waals surface area (Å²) < 4.78 is 0. The predicted octanol–water partition coefficient (Wildman–Crippen LogP) is 29.6. The van der Waals surface area contributed by atoms with Crippen molar-refractivity contribution < 1.29 is 0 Å². The van der Waals surface area contributed by atoms with E-state index in [9.17, 15) is 0 Å². The highest BCUT2D eigenvalue weighted by Crippen LogP contribution is 2.18. The van der Waals surface area contributed by atoms with Gasteiger partial charge in [-0.15, -0.1) is 0 Å². The molecule has 20 heteroatoms. The summed E-state index contributed by atoms with van der Waals surface area (Å²) in [5.41, 5.74) is 19.3. The highest BCUT2D eigenvalue weighted by Gasteiger charge is 2.01. The third kappa shape index (κ3) is 41.8. The molecular weight excluding hydrogens is 1600 g/mol. The monoisotopic (exact) mass is 1740 g/mol. The molecule has 0 fully saturated rings. The van der Waals surface area contributed by atoms with Gasteiger partial charge in [-0.05, 0) is 249 Å². The topological polar surface area (TPSA) is 258 Å². The molecule has 20 rings (SSSR count). The lowest BCUT2D eigenvalue weighted by Gasteiger charge is -1.95. The van der Waals surface area contributed by atoms with Crippen molar-refractivity contribution in [2.45, 2.75) is 208 Å². The van der Waals surface area contributed by atoms with Crippen molar-refractivity contribution >= 4 is 109 Å². The molecule has 0 saturated heterocycles. The summed E-state index contributed by atoms with van der Waals surface area (Å²) in [6, 6.07) is 53.9. The molecule has 20 aromatic rings. The quantitative estimate of drug-likeness (QED) is 0.137. The number of aromatic nitrogens is 20. The van der Waals surface area contributed by atoms with Crippen LogP contribution in [-0.4, -0.2) is 99.7 Å². The Balaban J connectivity index is 0.000000706. The van der Waals surface area contributed by atoms with Gasteiger partial charge in [-0.3, -0.25) is 79.7 Å². The molecule has 20 nitrogen and oxygen atoms in total. The van der Waals surface area contributed by atoms with Gasteiger partial charge in [0.05, 0.1) is 57.2 Å². The molecule has 0 aliphatic carbocycles. The molecule has 0 atom stereocenters. The molecule has 0 saturated carbocycles. The highest BCUT2D eigenvalue weighted by atomic mass is 14.8.